The van der Waals surface area contributed by atoms with Crippen molar-refractivity contribution in [3.05, 3.63) is 0 Å². The predicted octanol–water partition coefficient (Wildman–Crippen LogP) is 1.82. The van der Waals surface area contributed by atoms with Crippen molar-refractivity contribution in [3.63, 3.8) is 0 Å². The summed E-state index contributed by atoms with van der Waals surface area (Å²) in [5.41, 5.74) is 0. The number of halogens is 2. The molecule has 0 aromatic heterocycles. The van der Waals surface area contributed by atoms with E-state index in [0.29, 0.717) is 6.61 Å². The molecule has 0 atom stereocenters. The summed E-state index contributed by atoms with van der Waals surface area (Å²) in [5.74, 6) is -1.04. The lowest BCUT2D eigenvalue weighted by molar-refractivity contribution is -0.140. The zero-order valence-corrected chi connectivity index (χ0v) is 10.6. The minimum atomic E-state index is -0.833. The van der Waals surface area contributed by atoms with Gasteiger partial charge in [-0.1, -0.05) is 0 Å². The van der Waals surface area contributed by atoms with Crippen LogP contribution in [0.5, 0.6) is 0 Å². The van der Waals surface area contributed by atoms with Crippen LogP contribution in [0.3, 0.4) is 0 Å². The Hall–Kier alpha value is -0.100. The van der Waals surface area contributed by atoms with Crippen LogP contribution in [-0.2, 0) is 14.3 Å². The molecule has 12 heavy (non-hydrogen) atoms. The lowest BCUT2D eigenvalue weighted by atomic mass is 10.8. The quantitative estimate of drug-likeness (QED) is 0.750. The first kappa shape index (κ1) is 22.7. The summed E-state index contributed by atoms with van der Waals surface area (Å²) in [6.07, 6.45) is 0. The SMILES string of the molecule is Br.Br.CC(=O)O.CCOC(C)=O. The van der Waals surface area contributed by atoms with Crippen molar-refractivity contribution in [3.8, 4) is 0 Å². The van der Waals surface area contributed by atoms with E-state index in [4.69, 9.17) is 9.90 Å². The van der Waals surface area contributed by atoms with E-state index in [0.717, 1.165) is 6.92 Å². The first-order chi connectivity index (χ1) is 4.50. The van der Waals surface area contributed by atoms with E-state index in [1.807, 2.05) is 0 Å². The Morgan fingerprint density at radius 2 is 1.50 bits per heavy atom. The third kappa shape index (κ3) is 93.2. The highest BCUT2D eigenvalue weighted by Gasteiger charge is 1.81. The molecule has 0 heterocycles. The molecule has 0 aliphatic heterocycles. The summed E-state index contributed by atoms with van der Waals surface area (Å²) in [7, 11) is 0. The van der Waals surface area contributed by atoms with Gasteiger partial charge in [-0.3, -0.25) is 9.59 Å². The average Bonchev–Trinajstić information content (AvgIpc) is 1.62. The van der Waals surface area contributed by atoms with Crippen molar-refractivity contribution in [2.45, 2.75) is 20.8 Å². The molecule has 76 valence electrons. The number of carbonyl (C=O) groups is 2. The van der Waals surface area contributed by atoms with E-state index in [9.17, 15) is 4.79 Å². The van der Waals surface area contributed by atoms with Gasteiger partial charge in [-0.25, -0.2) is 0 Å². The lowest BCUT2D eigenvalue weighted by Gasteiger charge is -1.89. The second kappa shape index (κ2) is 17.1. The topological polar surface area (TPSA) is 63.6 Å². The van der Waals surface area contributed by atoms with Crippen molar-refractivity contribution in [2.24, 2.45) is 0 Å². The van der Waals surface area contributed by atoms with Crippen molar-refractivity contribution in [2.75, 3.05) is 6.61 Å². The fourth-order valence-electron chi connectivity index (χ4n) is 0.203. The summed E-state index contributed by atoms with van der Waals surface area (Å²) in [5, 5.41) is 7.42. The van der Waals surface area contributed by atoms with E-state index < -0.39 is 5.97 Å². The monoisotopic (exact) mass is 308 g/mol. The fourth-order valence-corrected chi connectivity index (χ4v) is 0.203. The van der Waals surface area contributed by atoms with Gasteiger partial charge >= 0.3 is 5.97 Å². The van der Waals surface area contributed by atoms with Gasteiger partial charge in [0.2, 0.25) is 0 Å². The molecular weight excluding hydrogens is 296 g/mol. The van der Waals surface area contributed by atoms with E-state index >= 15 is 0 Å². The second-order valence-electron chi connectivity index (χ2n) is 1.44. The smallest absolute Gasteiger partial charge is 0.302 e. The van der Waals surface area contributed by atoms with Gasteiger partial charge in [0.05, 0.1) is 6.61 Å². The number of hydrogen-bond donors (Lipinski definition) is 1. The summed E-state index contributed by atoms with van der Waals surface area (Å²) >= 11 is 0. The molecule has 0 rings (SSSR count). The number of ether oxygens (including phenoxy) is 1. The Morgan fingerprint density at radius 1 is 1.25 bits per heavy atom. The zero-order chi connectivity index (χ0) is 8.57. The molecule has 0 bridgehead atoms. The fraction of sp³-hybridized carbons (Fsp3) is 0.667. The molecule has 1 N–H and O–H groups in total. The molecule has 0 fully saturated rings. The molecule has 0 amide bonds. The second-order valence-corrected chi connectivity index (χ2v) is 1.44. The third-order valence-corrected chi connectivity index (χ3v) is 0.348. The van der Waals surface area contributed by atoms with Crippen LogP contribution in [-0.4, -0.2) is 23.7 Å². The molecule has 0 unspecified atom stereocenters. The van der Waals surface area contributed by atoms with Gasteiger partial charge in [0.15, 0.2) is 0 Å². The highest BCUT2D eigenvalue weighted by molar-refractivity contribution is 8.93. The van der Waals surface area contributed by atoms with Crippen molar-refractivity contribution >= 4 is 45.9 Å². The van der Waals surface area contributed by atoms with E-state index in [1.165, 1.54) is 6.92 Å². The maximum atomic E-state index is 9.82. The van der Waals surface area contributed by atoms with Gasteiger partial charge in [0.25, 0.3) is 5.97 Å². The Morgan fingerprint density at radius 3 is 1.50 bits per heavy atom. The number of rotatable bonds is 1. The molecule has 0 radical (unpaired) electrons. The van der Waals surface area contributed by atoms with Gasteiger partial charge in [0.1, 0.15) is 0 Å². The maximum Gasteiger partial charge on any atom is 0.302 e. The number of carboxylic acid groups (broad SMARTS) is 1. The van der Waals surface area contributed by atoms with Crippen molar-refractivity contribution in [1.82, 2.24) is 0 Å². The summed E-state index contributed by atoms with van der Waals surface area (Å²) in [6.45, 7) is 4.74. The summed E-state index contributed by atoms with van der Waals surface area (Å²) in [6, 6.07) is 0. The van der Waals surface area contributed by atoms with Gasteiger partial charge in [0, 0.05) is 13.8 Å². The Kier molecular flexibility index (Phi) is 32.3. The molecular formula is C6H14Br2O4. The zero-order valence-electron chi connectivity index (χ0n) is 7.20. The summed E-state index contributed by atoms with van der Waals surface area (Å²) in [4.78, 5) is 18.8. The molecule has 0 saturated heterocycles. The molecule has 0 saturated carbocycles. The van der Waals surface area contributed by atoms with Crippen LogP contribution in [0.1, 0.15) is 20.8 Å². The number of esters is 1. The van der Waals surface area contributed by atoms with Crippen LogP contribution < -0.4 is 0 Å². The highest BCUT2D eigenvalue weighted by atomic mass is 79.9. The number of aliphatic carboxylic acids is 1. The van der Waals surface area contributed by atoms with Gasteiger partial charge in [-0.15, -0.1) is 34.0 Å². The number of carbonyl (C=O) groups excluding carboxylic acids is 1. The molecule has 6 heteroatoms. The minimum absolute atomic E-state index is 0. The van der Waals surface area contributed by atoms with Gasteiger partial charge in [-0.2, -0.15) is 0 Å². The Bertz CT molecular complexity index is 112. The molecule has 0 aliphatic carbocycles. The largest absolute Gasteiger partial charge is 0.481 e. The predicted molar refractivity (Wildman–Crippen MR) is 56.3 cm³/mol. The first-order valence-corrected chi connectivity index (χ1v) is 2.83. The number of hydrogen-bond acceptors (Lipinski definition) is 3. The molecule has 0 aliphatic rings. The minimum Gasteiger partial charge on any atom is -0.481 e. The van der Waals surface area contributed by atoms with E-state index in [1.54, 1.807) is 6.92 Å². The first-order valence-electron chi connectivity index (χ1n) is 2.83. The van der Waals surface area contributed by atoms with E-state index in [2.05, 4.69) is 4.74 Å². The lowest BCUT2D eigenvalue weighted by Crippen LogP contribution is -1.95. The Labute approximate surface area is 92.8 Å². The highest BCUT2D eigenvalue weighted by Crippen LogP contribution is 1.69. The Balaban J connectivity index is -0.0000000483. The maximum absolute atomic E-state index is 9.82. The average molecular weight is 310 g/mol. The molecule has 0 spiro atoms. The molecule has 0 aromatic carbocycles. The van der Waals surface area contributed by atoms with Crippen molar-refractivity contribution in [1.29, 1.82) is 0 Å². The van der Waals surface area contributed by atoms with Crippen LogP contribution in [0.2, 0.25) is 0 Å². The molecule has 4 nitrogen and oxygen atoms in total. The van der Waals surface area contributed by atoms with Crippen LogP contribution in [0.4, 0.5) is 0 Å². The standard InChI is InChI=1S/C4H8O2.C2H4O2.2BrH/c1-3-6-4(2)5;1-2(3)4;;/h3H2,1-2H3;1H3,(H,3,4);2*1H. The number of carboxylic acids is 1. The van der Waals surface area contributed by atoms with Gasteiger partial charge < -0.3 is 9.84 Å². The van der Waals surface area contributed by atoms with Gasteiger partial charge in [-0.05, 0) is 6.92 Å². The van der Waals surface area contributed by atoms with Crippen LogP contribution in [0.25, 0.3) is 0 Å². The normalized spacial score (nSPS) is 5.92. The molecule has 0 aromatic rings. The summed E-state index contributed by atoms with van der Waals surface area (Å²) < 4.78 is 4.40. The van der Waals surface area contributed by atoms with Crippen LogP contribution in [0, 0.1) is 0 Å². The van der Waals surface area contributed by atoms with Crippen LogP contribution >= 0.6 is 34.0 Å². The van der Waals surface area contributed by atoms with Crippen LogP contribution in [0.15, 0.2) is 0 Å². The van der Waals surface area contributed by atoms with E-state index in [-0.39, 0.29) is 39.9 Å². The van der Waals surface area contributed by atoms with Crippen molar-refractivity contribution < 1.29 is 19.4 Å². The third-order valence-electron chi connectivity index (χ3n) is 0.348.